The van der Waals surface area contributed by atoms with Gasteiger partial charge in [0.1, 0.15) is 0 Å². The molecule has 4 aliphatic carbocycles. The average Bonchev–Trinajstić information content (AvgIpc) is 2.54. The highest BCUT2D eigenvalue weighted by molar-refractivity contribution is 5.55. The van der Waals surface area contributed by atoms with E-state index >= 15 is 0 Å². The van der Waals surface area contributed by atoms with E-state index in [1.165, 1.54) is 25.7 Å². The van der Waals surface area contributed by atoms with Crippen molar-refractivity contribution in [2.75, 3.05) is 0 Å². The van der Waals surface area contributed by atoms with Gasteiger partial charge in [0.25, 0.3) is 0 Å². The van der Waals surface area contributed by atoms with E-state index < -0.39 is 0 Å². The quantitative estimate of drug-likeness (QED) is 0.583. The SMILES string of the molecule is N=CCC12CC3CC1CC3C2. The topological polar surface area (TPSA) is 23.9 Å². The molecule has 2 atom stereocenters. The van der Waals surface area contributed by atoms with Crippen LogP contribution in [0.3, 0.4) is 0 Å². The van der Waals surface area contributed by atoms with Crippen LogP contribution in [-0.2, 0) is 0 Å². The molecular formula is C10H15N. The van der Waals surface area contributed by atoms with Crippen LogP contribution < -0.4 is 0 Å². The van der Waals surface area contributed by atoms with Crippen molar-refractivity contribution in [2.24, 2.45) is 23.2 Å². The molecule has 0 aromatic heterocycles. The maximum atomic E-state index is 7.20. The van der Waals surface area contributed by atoms with Crippen molar-refractivity contribution in [3.05, 3.63) is 0 Å². The zero-order chi connectivity index (χ0) is 7.47. The summed E-state index contributed by atoms with van der Waals surface area (Å²) in [5, 5.41) is 7.20. The number of hydrogen-bond acceptors (Lipinski definition) is 1. The van der Waals surface area contributed by atoms with Gasteiger partial charge in [0, 0.05) is 0 Å². The Labute approximate surface area is 67.7 Å². The molecule has 2 unspecified atom stereocenters. The first kappa shape index (κ1) is 6.22. The van der Waals surface area contributed by atoms with Crippen LogP contribution in [0.2, 0.25) is 0 Å². The minimum absolute atomic E-state index is 0.650. The first-order chi connectivity index (χ1) is 5.34. The Bertz CT molecular complexity index is 195. The summed E-state index contributed by atoms with van der Waals surface area (Å²) in [4.78, 5) is 0. The van der Waals surface area contributed by atoms with Gasteiger partial charge in [0.15, 0.2) is 0 Å². The molecule has 1 nitrogen and oxygen atoms in total. The van der Waals surface area contributed by atoms with E-state index in [-0.39, 0.29) is 0 Å². The Hall–Kier alpha value is -0.330. The fourth-order valence-corrected chi connectivity index (χ4v) is 4.21. The lowest BCUT2D eigenvalue weighted by Crippen LogP contribution is -2.19. The monoisotopic (exact) mass is 149 g/mol. The molecule has 11 heavy (non-hydrogen) atoms. The molecule has 4 fully saturated rings. The molecule has 0 spiro atoms. The fourth-order valence-electron chi connectivity index (χ4n) is 4.21. The van der Waals surface area contributed by atoms with Crippen molar-refractivity contribution < 1.29 is 0 Å². The zero-order valence-electron chi connectivity index (χ0n) is 6.84. The minimum Gasteiger partial charge on any atom is -0.313 e. The van der Waals surface area contributed by atoms with E-state index in [0.717, 1.165) is 24.2 Å². The third-order valence-corrected chi connectivity index (χ3v) is 4.55. The van der Waals surface area contributed by atoms with E-state index in [0.29, 0.717) is 5.41 Å². The van der Waals surface area contributed by atoms with E-state index in [9.17, 15) is 0 Å². The molecule has 1 N–H and O–H groups in total. The molecule has 4 saturated carbocycles. The van der Waals surface area contributed by atoms with Crippen LogP contribution in [0.5, 0.6) is 0 Å². The van der Waals surface area contributed by atoms with Gasteiger partial charge in [0.05, 0.1) is 0 Å². The van der Waals surface area contributed by atoms with Gasteiger partial charge >= 0.3 is 0 Å². The third-order valence-electron chi connectivity index (χ3n) is 4.55. The summed E-state index contributed by atoms with van der Waals surface area (Å²) in [6.07, 6.45) is 8.71. The summed E-state index contributed by atoms with van der Waals surface area (Å²) in [7, 11) is 0. The van der Waals surface area contributed by atoms with Crippen molar-refractivity contribution >= 4 is 6.21 Å². The van der Waals surface area contributed by atoms with Crippen molar-refractivity contribution in [1.29, 1.82) is 5.41 Å². The summed E-state index contributed by atoms with van der Waals surface area (Å²) < 4.78 is 0. The average molecular weight is 149 g/mol. The fraction of sp³-hybridized carbons (Fsp3) is 0.900. The van der Waals surface area contributed by atoms with Crippen LogP contribution in [0.25, 0.3) is 0 Å². The Morgan fingerprint density at radius 3 is 2.27 bits per heavy atom. The Balaban J connectivity index is 1.95. The first-order valence-electron chi connectivity index (χ1n) is 4.83. The Kier molecular flexibility index (Phi) is 0.961. The van der Waals surface area contributed by atoms with Gasteiger partial charge in [0.2, 0.25) is 0 Å². The van der Waals surface area contributed by atoms with Gasteiger partial charge < -0.3 is 5.41 Å². The predicted octanol–water partition coefficient (Wildman–Crippen LogP) is 2.46. The lowest BCUT2D eigenvalue weighted by molar-refractivity contribution is 0.259. The van der Waals surface area contributed by atoms with Crippen molar-refractivity contribution in [1.82, 2.24) is 0 Å². The van der Waals surface area contributed by atoms with Crippen LogP contribution in [-0.4, -0.2) is 6.21 Å². The van der Waals surface area contributed by atoms with Crippen LogP contribution in [0.15, 0.2) is 0 Å². The summed E-state index contributed by atoms with van der Waals surface area (Å²) in [6.45, 7) is 0. The second kappa shape index (κ2) is 1.70. The van der Waals surface area contributed by atoms with Crippen LogP contribution in [0, 0.1) is 28.6 Å². The lowest BCUT2D eigenvalue weighted by atomic mass is 9.78. The van der Waals surface area contributed by atoms with Crippen LogP contribution in [0.4, 0.5) is 0 Å². The van der Waals surface area contributed by atoms with Gasteiger partial charge in [-0.3, -0.25) is 0 Å². The summed E-state index contributed by atoms with van der Waals surface area (Å²) in [5.74, 6) is 3.19. The molecule has 0 radical (unpaired) electrons. The molecule has 4 bridgehead atoms. The summed E-state index contributed by atoms with van der Waals surface area (Å²) in [5.41, 5.74) is 0.650. The molecule has 1 heteroatoms. The van der Waals surface area contributed by atoms with E-state index in [1.807, 2.05) is 0 Å². The standard InChI is InChI=1S/C10H15N/c11-2-1-10-5-7-3-9(10)4-8(7)6-10/h2,7-9,11H,1,3-6H2. The molecule has 0 aromatic carbocycles. The second-order valence-electron chi connectivity index (χ2n) is 4.87. The molecule has 0 aromatic rings. The molecule has 0 heterocycles. The van der Waals surface area contributed by atoms with E-state index in [1.54, 1.807) is 6.21 Å². The van der Waals surface area contributed by atoms with Crippen molar-refractivity contribution in [3.63, 3.8) is 0 Å². The van der Waals surface area contributed by atoms with E-state index in [2.05, 4.69) is 0 Å². The Morgan fingerprint density at radius 1 is 1.27 bits per heavy atom. The number of hydrogen-bond donors (Lipinski definition) is 1. The lowest BCUT2D eigenvalue weighted by Gasteiger charge is -2.26. The molecule has 0 aliphatic heterocycles. The van der Waals surface area contributed by atoms with Crippen molar-refractivity contribution in [2.45, 2.75) is 32.1 Å². The molecule has 0 amide bonds. The van der Waals surface area contributed by atoms with E-state index in [4.69, 9.17) is 5.41 Å². The van der Waals surface area contributed by atoms with Crippen LogP contribution in [0.1, 0.15) is 32.1 Å². The maximum absolute atomic E-state index is 7.20. The predicted molar refractivity (Wildman–Crippen MR) is 44.8 cm³/mol. The highest BCUT2D eigenvalue weighted by Gasteiger charge is 2.61. The largest absolute Gasteiger partial charge is 0.313 e. The van der Waals surface area contributed by atoms with Gasteiger partial charge in [-0.1, -0.05) is 0 Å². The highest BCUT2D eigenvalue weighted by Crippen LogP contribution is 2.70. The van der Waals surface area contributed by atoms with Gasteiger partial charge in [-0.15, -0.1) is 0 Å². The molecule has 4 aliphatic rings. The normalized spacial score (nSPS) is 57.6. The maximum Gasteiger partial charge on any atom is -0.00421 e. The minimum atomic E-state index is 0.650. The summed E-state index contributed by atoms with van der Waals surface area (Å²) >= 11 is 0. The number of rotatable bonds is 2. The molecule has 0 saturated heterocycles. The third kappa shape index (κ3) is 0.567. The smallest absolute Gasteiger partial charge is 0.00421 e. The van der Waals surface area contributed by atoms with Crippen molar-refractivity contribution in [3.8, 4) is 0 Å². The molecular weight excluding hydrogens is 134 g/mol. The number of nitrogens with one attached hydrogen (secondary N) is 1. The van der Waals surface area contributed by atoms with Gasteiger partial charge in [-0.05, 0) is 61.5 Å². The molecule has 60 valence electrons. The summed E-state index contributed by atoms with van der Waals surface area (Å²) in [6, 6.07) is 0. The Morgan fingerprint density at radius 2 is 1.91 bits per heavy atom. The first-order valence-corrected chi connectivity index (χ1v) is 4.83. The van der Waals surface area contributed by atoms with Crippen LogP contribution >= 0.6 is 0 Å². The van der Waals surface area contributed by atoms with Gasteiger partial charge in [-0.2, -0.15) is 0 Å². The highest BCUT2D eigenvalue weighted by atomic mass is 14.7. The second-order valence-corrected chi connectivity index (χ2v) is 4.87. The zero-order valence-corrected chi connectivity index (χ0v) is 6.84. The van der Waals surface area contributed by atoms with Gasteiger partial charge in [-0.25, -0.2) is 0 Å². The molecule has 4 rings (SSSR count).